The molecule has 2 N–H and O–H groups in total. The van der Waals surface area contributed by atoms with E-state index in [9.17, 15) is 9.59 Å². The third kappa shape index (κ3) is 5.10. The van der Waals surface area contributed by atoms with Crippen molar-refractivity contribution in [3.05, 3.63) is 60.2 Å². The molecule has 1 aliphatic heterocycles. The van der Waals surface area contributed by atoms with Gasteiger partial charge < -0.3 is 19.9 Å². The quantitative estimate of drug-likeness (QED) is 0.492. The molecule has 9 heteroatoms. The van der Waals surface area contributed by atoms with Crippen LogP contribution in [-0.4, -0.2) is 52.6 Å². The number of nitrogens with zero attached hydrogens (tertiary/aromatic N) is 2. The summed E-state index contributed by atoms with van der Waals surface area (Å²) < 4.78 is 13.2. The molecule has 202 valence electrons. The second kappa shape index (κ2) is 10.4. The van der Waals surface area contributed by atoms with Crippen molar-refractivity contribution in [2.45, 2.75) is 84.0 Å². The summed E-state index contributed by atoms with van der Waals surface area (Å²) in [6.45, 7) is 11.1. The number of carbonyl (C=O) groups is 2. The molecule has 38 heavy (non-hydrogen) atoms. The van der Waals surface area contributed by atoms with Gasteiger partial charge in [0.25, 0.3) is 5.91 Å². The van der Waals surface area contributed by atoms with Crippen molar-refractivity contribution in [2.24, 2.45) is 23.2 Å². The molecule has 1 aromatic heterocycles. The first-order valence-electron chi connectivity index (χ1n) is 13.8. The van der Waals surface area contributed by atoms with Crippen LogP contribution in [0.15, 0.2) is 48.9 Å². The fourth-order valence-electron chi connectivity index (χ4n) is 6.81. The summed E-state index contributed by atoms with van der Waals surface area (Å²) in [4.78, 5) is 34.8. The van der Waals surface area contributed by atoms with Crippen molar-refractivity contribution in [1.29, 1.82) is 0 Å². The number of benzene rings is 1. The zero-order valence-electron chi connectivity index (χ0n) is 23.0. The van der Waals surface area contributed by atoms with Gasteiger partial charge in [-0.25, -0.2) is 4.98 Å². The number of hydrogen-bond donors (Lipinski definition) is 2. The minimum absolute atomic E-state index is 0.0345. The van der Waals surface area contributed by atoms with Crippen LogP contribution in [0.1, 0.15) is 69.9 Å². The van der Waals surface area contributed by atoms with Crippen molar-refractivity contribution in [3.63, 3.8) is 0 Å². The Balaban J connectivity index is 1.34. The molecule has 0 radical (unpaired) electrons. The molecular formula is C29H39BN4O4. The molecule has 1 saturated heterocycles. The van der Waals surface area contributed by atoms with Gasteiger partial charge >= 0.3 is 7.12 Å². The van der Waals surface area contributed by atoms with Gasteiger partial charge in [-0.1, -0.05) is 58.0 Å². The molecule has 4 aliphatic rings. The van der Waals surface area contributed by atoms with Crippen LogP contribution >= 0.6 is 0 Å². The molecule has 2 aromatic rings. The highest BCUT2D eigenvalue weighted by Crippen LogP contribution is 2.65. The van der Waals surface area contributed by atoms with Gasteiger partial charge in [-0.3, -0.25) is 14.6 Å². The van der Waals surface area contributed by atoms with Gasteiger partial charge in [0, 0.05) is 18.8 Å². The topological polar surface area (TPSA) is 102 Å². The van der Waals surface area contributed by atoms with Gasteiger partial charge in [-0.05, 0) is 54.9 Å². The zero-order chi connectivity index (χ0) is 27.1. The van der Waals surface area contributed by atoms with Crippen LogP contribution in [0.4, 0.5) is 0 Å². The first kappa shape index (κ1) is 26.8. The second-order valence-corrected chi connectivity index (χ2v) is 12.4. The maximum atomic E-state index is 13.8. The van der Waals surface area contributed by atoms with Crippen LogP contribution in [0.3, 0.4) is 0 Å². The molecule has 1 unspecified atom stereocenters. The van der Waals surface area contributed by atoms with E-state index in [0.29, 0.717) is 30.6 Å². The molecule has 2 amide bonds. The van der Waals surface area contributed by atoms with Crippen LogP contribution in [0.25, 0.3) is 0 Å². The summed E-state index contributed by atoms with van der Waals surface area (Å²) in [6, 6.07) is 8.87. The van der Waals surface area contributed by atoms with E-state index in [2.05, 4.69) is 55.2 Å². The fraction of sp³-hybridized carbons (Fsp3) is 0.586. The molecule has 6 atom stereocenters. The normalized spacial score (nSPS) is 28.7. The molecule has 0 spiro atoms. The van der Waals surface area contributed by atoms with Crippen molar-refractivity contribution in [2.75, 3.05) is 0 Å². The summed E-state index contributed by atoms with van der Waals surface area (Å²) >= 11 is 0. The van der Waals surface area contributed by atoms with Gasteiger partial charge in [0.1, 0.15) is 11.7 Å². The number of aromatic nitrogens is 2. The van der Waals surface area contributed by atoms with E-state index in [0.717, 1.165) is 12.0 Å². The predicted molar refractivity (Wildman–Crippen MR) is 145 cm³/mol. The highest BCUT2D eigenvalue weighted by Gasteiger charge is 2.68. The Hall–Kier alpha value is -2.78. The Morgan fingerprint density at radius 2 is 1.87 bits per heavy atom. The van der Waals surface area contributed by atoms with Gasteiger partial charge in [0.2, 0.25) is 5.91 Å². The third-order valence-electron chi connectivity index (χ3n) is 9.05. The number of hydrogen-bond acceptors (Lipinski definition) is 6. The number of amides is 2. The summed E-state index contributed by atoms with van der Waals surface area (Å²) in [5.74, 6) is 0.359. The Labute approximate surface area is 225 Å². The van der Waals surface area contributed by atoms with E-state index < -0.39 is 19.1 Å². The standard InChI is InChI=1S/C29H39BN4O4/c1-18(2)13-25(30-37-24-16-20-15-23(28(20,3)4)29(24,5)38-30)34-26(35)21(14-19-9-7-6-8-10-19)33-27(36)22-17-31-11-12-32-22/h6-12,17-18,20-21,23-25H,13-16H2,1-5H3,(H,33,36)(H,34,35)/t20-,21?,23-,24+,25+,29-/m0/s1. The number of nitrogens with one attached hydrogen (secondary N) is 2. The van der Waals surface area contributed by atoms with Gasteiger partial charge in [-0.2, -0.15) is 0 Å². The van der Waals surface area contributed by atoms with E-state index in [-0.39, 0.29) is 34.7 Å². The molecule has 1 aromatic carbocycles. The molecule has 2 heterocycles. The zero-order valence-corrected chi connectivity index (χ0v) is 23.0. The summed E-state index contributed by atoms with van der Waals surface area (Å²) in [7, 11) is -0.528. The summed E-state index contributed by atoms with van der Waals surface area (Å²) in [6.07, 6.45) is 7.60. The summed E-state index contributed by atoms with van der Waals surface area (Å²) in [5.41, 5.74) is 0.998. The fourth-order valence-corrected chi connectivity index (χ4v) is 6.81. The number of carbonyl (C=O) groups excluding carboxylic acids is 2. The second-order valence-electron chi connectivity index (χ2n) is 12.4. The van der Waals surface area contributed by atoms with Gasteiger partial charge in [0.05, 0.1) is 23.8 Å². The summed E-state index contributed by atoms with van der Waals surface area (Å²) in [5, 5.41) is 6.08. The lowest BCUT2D eigenvalue weighted by molar-refractivity contribution is -0.199. The lowest BCUT2D eigenvalue weighted by atomic mass is 9.43. The lowest BCUT2D eigenvalue weighted by Gasteiger charge is -2.64. The SMILES string of the molecule is CC(C)C[C@@H](NC(=O)C(Cc1ccccc1)NC(=O)c1cnccn1)B1O[C@@H]2C[C@@H]3C[C@@H](C3(C)C)[C@]2(C)O1. The molecule has 2 bridgehead atoms. The minimum Gasteiger partial charge on any atom is -0.404 e. The van der Waals surface area contributed by atoms with Crippen molar-refractivity contribution in [3.8, 4) is 0 Å². The lowest BCUT2D eigenvalue weighted by Crippen LogP contribution is -2.65. The van der Waals surface area contributed by atoms with E-state index in [1.54, 1.807) is 0 Å². The Morgan fingerprint density at radius 1 is 1.11 bits per heavy atom. The minimum atomic E-state index is -0.799. The average Bonchev–Trinajstić information content (AvgIpc) is 3.26. The van der Waals surface area contributed by atoms with E-state index in [4.69, 9.17) is 9.31 Å². The van der Waals surface area contributed by atoms with E-state index in [1.807, 2.05) is 30.3 Å². The smallest absolute Gasteiger partial charge is 0.404 e. The first-order chi connectivity index (χ1) is 18.1. The molecular weight excluding hydrogens is 479 g/mol. The van der Waals surface area contributed by atoms with Crippen molar-refractivity contribution >= 4 is 18.9 Å². The Bertz CT molecular complexity index is 1150. The third-order valence-corrected chi connectivity index (χ3v) is 9.05. The maximum Gasteiger partial charge on any atom is 0.481 e. The van der Waals surface area contributed by atoms with Crippen LogP contribution < -0.4 is 10.6 Å². The number of rotatable bonds is 9. The Kier molecular flexibility index (Phi) is 7.35. The van der Waals surface area contributed by atoms with Crippen LogP contribution in [0.2, 0.25) is 0 Å². The van der Waals surface area contributed by atoms with Crippen LogP contribution in [0, 0.1) is 23.2 Å². The molecule has 6 rings (SSSR count). The Morgan fingerprint density at radius 3 is 2.53 bits per heavy atom. The molecule has 3 saturated carbocycles. The largest absolute Gasteiger partial charge is 0.481 e. The molecule has 8 nitrogen and oxygen atoms in total. The predicted octanol–water partition coefficient (Wildman–Crippen LogP) is 3.62. The molecule has 3 aliphatic carbocycles. The first-order valence-corrected chi connectivity index (χ1v) is 13.8. The van der Waals surface area contributed by atoms with Gasteiger partial charge in [-0.15, -0.1) is 0 Å². The maximum absolute atomic E-state index is 13.8. The highest BCUT2D eigenvalue weighted by molar-refractivity contribution is 6.48. The van der Waals surface area contributed by atoms with Crippen LogP contribution in [0.5, 0.6) is 0 Å². The van der Waals surface area contributed by atoms with Gasteiger partial charge in [0.15, 0.2) is 0 Å². The van der Waals surface area contributed by atoms with E-state index in [1.165, 1.54) is 25.0 Å². The highest BCUT2D eigenvalue weighted by atomic mass is 16.7. The van der Waals surface area contributed by atoms with Crippen LogP contribution in [-0.2, 0) is 20.5 Å². The van der Waals surface area contributed by atoms with E-state index >= 15 is 0 Å². The molecule has 4 fully saturated rings. The van der Waals surface area contributed by atoms with Crippen molar-refractivity contribution < 1.29 is 18.9 Å². The monoisotopic (exact) mass is 518 g/mol. The van der Waals surface area contributed by atoms with Crippen molar-refractivity contribution in [1.82, 2.24) is 20.6 Å². The average molecular weight is 518 g/mol.